The van der Waals surface area contributed by atoms with Gasteiger partial charge < -0.3 is 10.5 Å². The first-order chi connectivity index (χ1) is 8.96. The van der Waals surface area contributed by atoms with Crippen molar-refractivity contribution in [2.75, 3.05) is 12.3 Å². The van der Waals surface area contributed by atoms with E-state index in [1.165, 1.54) is 12.1 Å². The molecule has 0 fully saturated rings. The number of nitrogen functional groups attached to an aromatic ring is 1. The third-order valence-corrected chi connectivity index (χ3v) is 2.40. The molecule has 0 saturated carbocycles. The number of nitrogens with zero attached hydrogens (tertiary/aromatic N) is 1. The summed E-state index contributed by atoms with van der Waals surface area (Å²) in [6, 6.07) is 7.99. The zero-order valence-corrected chi connectivity index (χ0v) is 9.82. The lowest BCUT2D eigenvalue weighted by Crippen LogP contribution is -2.19. The van der Waals surface area contributed by atoms with Gasteiger partial charge in [0.1, 0.15) is 5.75 Å². The maximum Gasteiger partial charge on any atom is 0.422 e. The molecule has 0 aliphatic rings. The van der Waals surface area contributed by atoms with Crippen LogP contribution in [0.4, 0.5) is 18.9 Å². The molecule has 0 aliphatic heterocycles. The molecule has 2 N–H and O–H groups in total. The molecule has 0 unspecified atom stereocenters. The molecule has 1 aromatic carbocycles. The molecule has 2 rings (SSSR count). The minimum absolute atomic E-state index is 0.0856. The van der Waals surface area contributed by atoms with Crippen LogP contribution in [0.25, 0.3) is 11.1 Å². The number of halogens is 3. The molecule has 6 heteroatoms. The van der Waals surface area contributed by atoms with E-state index in [1.807, 2.05) is 6.07 Å². The van der Waals surface area contributed by atoms with Gasteiger partial charge in [-0.2, -0.15) is 13.2 Å². The Morgan fingerprint density at radius 2 is 2.00 bits per heavy atom. The first-order valence-electron chi connectivity index (χ1n) is 5.45. The second kappa shape index (κ2) is 5.17. The lowest BCUT2D eigenvalue weighted by atomic mass is 10.1. The normalized spacial score (nSPS) is 11.3. The summed E-state index contributed by atoms with van der Waals surface area (Å²) in [4.78, 5) is 3.96. The minimum Gasteiger partial charge on any atom is -0.484 e. The van der Waals surface area contributed by atoms with Gasteiger partial charge in [0.15, 0.2) is 6.61 Å². The molecular weight excluding hydrogens is 257 g/mol. The monoisotopic (exact) mass is 268 g/mol. The number of hydrogen-bond donors (Lipinski definition) is 1. The van der Waals surface area contributed by atoms with Gasteiger partial charge in [0.05, 0.1) is 0 Å². The number of alkyl halides is 3. The Hall–Kier alpha value is -2.24. The predicted molar refractivity (Wildman–Crippen MR) is 65.6 cm³/mol. The van der Waals surface area contributed by atoms with Gasteiger partial charge in [-0.05, 0) is 18.2 Å². The Balaban J connectivity index is 2.18. The Labute approximate surface area is 107 Å². The molecule has 0 bridgehead atoms. The predicted octanol–water partition coefficient (Wildman–Crippen LogP) is 3.27. The largest absolute Gasteiger partial charge is 0.484 e. The van der Waals surface area contributed by atoms with E-state index < -0.39 is 12.8 Å². The fraction of sp³-hybridized carbons (Fsp3) is 0.154. The van der Waals surface area contributed by atoms with Crippen LogP contribution in [-0.4, -0.2) is 17.8 Å². The maximum atomic E-state index is 12.0. The molecule has 100 valence electrons. The van der Waals surface area contributed by atoms with E-state index in [0.29, 0.717) is 11.3 Å². The fourth-order valence-electron chi connectivity index (χ4n) is 1.58. The van der Waals surface area contributed by atoms with Crippen LogP contribution in [0.15, 0.2) is 42.7 Å². The van der Waals surface area contributed by atoms with Crippen LogP contribution in [0.5, 0.6) is 5.75 Å². The highest BCUT2D eigenvalue weighted by atomic mass is 19.4. The number of nitrogens with two attached hydrogens (primary N) is 1. The summed E-state index contributed by atoms with van der Waals surface area (Å²) in [7, 11) is 0. The molecule has 1 aromatic heterocycles. The van der Waals surface area contributed by atoms with E-state index >= 15 is 0 Å². The first kappa shape index (κ1) is 13.2. The SMILES string of the molecule is Nc1cc(OCC(F)(F)F)ccc1-c1cccnc1. The number of ether oxygens (including phenoxy) is 1. The quantitative estimate of drug-likeness (QED) is 0.869. The van der Waals surface area contributed by atoms with E-state index in [2.05, 4.69) is 9.72 Å². The number of pyridine rings is 1. The average molecular weight is 268 g/mol. The van der Waals surface area contributed by atoms with Crippen LogP contribution in [-0.2, 0) is 0 Å². The highest BCUT2D eigenvalue weighted by Gasteiger charge is 2.28. The van der Waals surface area contributed by atoms with Crippen LogP contribution in [0.1, 0.15) is 0 Å². The van der Waals surface area contributed by atoms with Crippen LogP contribution in [0.2, 0.25) is 0 Å². The van der Waals surface area contributed by atoms with Gasteiger partial charge in [0, 0.05) is 35.3 Å². The minimum atomic E-state index is -4.36. The Kier molecular flexibility index (Phi) is 3.59. The van der Waals surface area contributed by atoms with Crippen molar-refractivity contribution in [1.82, 2.24) is 4.98 Å². The van der Waals surface area contributed by atoms with Crippen LogP contribution >= 0.6 is 0 Å². The van der Waals surface area contributed by atoms with Crippen molar-refractivity contribution in [3.05, 3.63) is 42.7 Å². The zero-order valence-electron chi connectivity index (χ0n) is 9.82. The number of rotatable bonds is 3. The summed E-state index contributed by atoms with van der Waals surface area (Å²) in [5, 5.41) is 0. The van der Waals surface area contributed by atoms with E-state index in [4.69, 9.17) is 5.73 Å². The van der Waals surface area contributed by atoms with Gasteiger partial charge in [-0.1, -0.05) is 6.07 Å². The van der Waals surface area contributed by atoms with Crippen molar-refractivity contribution < 1.29 is 17.9 Å². The molecule has 0 aliphatic carbocycles. The van der Waals surface area contributed by atoms with Gasteiger partial charge in [0.25, 0.3) is 0 Å². The zero-order chi connectivity index (χ0) is 13.9. The lowest BCUT2D eigenvalue weighted by molar-refractivity contribution is -0.153. The van der Waals surface area contributed by atoms with Gasteiger partial charge >= 0.3 is 6.18 Å². The number of hydrogen-bond acceptors (Lipinski definition) is 3. The summed E-state index contributed by atoms with van der Waals surface area (Å²) in [6.45, 7) is -1.33. The van der Waals surface area contributed by atoms with E-state index in [-0.39, 0.29) is 5.75 Å². The van der Waals surface area contributed by atoms with Crippen LogP contribution in [0, 0.1) is 0 Å². The van der Waals surface area contributed by atoms with Gasteiger partial charge in [-0.15, -0.1) is 0 Å². The molecule has 0 amide bonds. The van der Waals surface area contributed by atoms with Gasteiger partial charge in [-0.3, -0.25) is 4.98 Å². The molecule has 19 heavy (non-hydrogen) atoms. The average Bonchev–Trinajstić information content (AvgIpc) is 2.37. The van der Waals surface area contributed by atoms with E-state index in [0.717, 1.165) is 5.56 Å². The summed E-state index contributed by atoms with van der Waals surface area (Å²) >= 11 is 0. The molecule has 0 saturated heterocycles. The van der Waals surface area contributed by atoms with Crippen molar-refractivity contribution in [2.24, 2.45) is 0 Å². The Morgan fingerprint density at radius 1 is 1.21 bits per heavy atom. The van der Waals surface area contributed by atoms with E-state index in [1.54, 1.807) is 24.5 Å². The number of benzene rings is 1. The topological polar surface area (TPSA) is 48.1 Å². The summed E-state index contributed by atoms with van der Waals surface area (Å²) in [6.07, 6.45) is -1.11. The molecule has 0 atom stereocenters. The highest BCUT2D eigenvalue weighted by Crippen LogP contribution is 2.29. The lowest BCUT2D eigenvalue weighted by Gasteiger charge is -2.11. The third kappa shape index (κ3) is 3.61. The molecule has 0 spiro atoms. The summed E-state index contributed by atoms with van der Waals surface area (Å²) in [5.41, 5.74) is 7.64. The van der Waals surface area contributed by atoms with Crippen molar-refractivity contribution in [2.45, 2.75) is 6.18 Å². The van der Waals surface area contributed by atoms with Crippen molar-refractivity contribution in [1.29, 1.82) is 0 Å². The molecule has 3 nitrogen and oxygen atoms in total. The first-order valence-corrected chi connectivity index (χ1v) is 5.45. The fourth-order valence-corrected chi connectivity index (χ4v) is 1.58. The highest BCUT2D eigenvalue weighted by molar-refractivity contribution is 5.76. The summed E-state index contributed by atoms with van der Waals surface area (Å²) < 4.78 is 40.7. The number of anilines is 1. The molecule has 2 aromatic rings. The third-order valence-electron chi connectivity index (χ3n) is 2.40. The van der Waals surface area contributed by atoms with Crippen molar-refractivity contribution in [3.63, 3.8) is 0 Å². The molecule has 0 radical (unpaired) electrons. The van der Waals surface area contributed by atoms with E-state index in [9.17, 15) is 13.2 Å². The number of aromatic nitrogens is 1. The van der Waals surface area contributed by atoms with Crippen LogP contribution < -0.4 is 10.5 Å². The Bertz CT molecular complexity index is 556. The second-order valence-corrected chi connectivity index (χ2v) is 3.89. The maximum absolute atomic E-state index is 12.0. The Morgan fingerprint density at radius 3 is 2.58 bits per heavy atom. The standard InChI is InChI=1S/C13H11F3N2O/c14-13(15,16)8-19-10-3-4-11(12(17)6-10)9-2-1-5-18-7-9/h1-7H,8,17H2. The van der Waals surface area contributed by atoms with Crippen LogP contribution in [0.3, 0.4) is 0 Å². The smallest absolute Gasteiger partial charge is 0.422 e. The van der Waals surface area contributed by atoms with Gasteiger partial charge in [-0.25, -0.2) is 0 Å². The van der Waals surface area contributed by atoms with Gasteiger partial charge in [0.2, 0.25) is 0 Å². The summed E-state index contributed by atoms with van der Waals surface area (Å²) in [5.74, 6) is 0.0856. The molecular formula is C13H11F3N2O. The second-order valence-electron chi connectivity index (χ2n) is 3.89. The van der Waals surface area contributed by atoms with Crippen molar-refractivity contribution in [3.8, 4) is 16.9 Å². The van der Waals surface area contributed by atoms with Crippen molar-refractivity contribution >= 4 is 5.69 Å². The molecule has 1 heterocycles.